The van der Waals surface area contributed by atoms with Crippen LogP contribution in [0.15, 0.2) is 94.7 Å². The summed E-state index contributed by atoms with van der Waals surface area (Å²) in [5.74, 6) is -0.478. The second kappa shape index (κ2) is 7.87. The van der Waals surface area contributed by atoms with Crippen LogP contribution in [0.5, 0.6) is 0 Å². The minimum absolute atomic E-state index is 0.238. The van der Waals surface area contributed by atoms with Crippen LogP contribution in [-0.4, -0.2) is 16.7 Å². The lowest BCUT2D eigenvalue weighted by Crippen LogP contribution is -2.30. The van der Waals surface area contributed by atoms with Crippen LogP contribution < -0.4 is 0 Å². The van der Waals surface area contributed by atoms with E-state index >= 15 is 0 Å². The molecule has 28 heavy (non-hydrogen) atoms. The van der Waals surface area contributed by atoms with Gasteiger partial charge in [0.2, 0.25) is 0 Å². The Balaban J connectivity index is 1.71. The van der Waals surface area contributed by atoms with Crippen molar-refractivity contribution in [3.05, 3.63) is 107 Å². The van der Waals surface area contributed by atoms with Crippen molar-refractivity contribution < 1.29 is 9.59 Å². The second-order valence-electron chi connectivity index (χ2n) is 6.67. The lowest BCUT2D eigenvalue weighted by Gasteiger charge is -2.15. The summed E-state index contributed by atoms with van der Waals surface area (Å²) in [6, 6.07) is 27.0. The molecule has 0 aliphatic carbocycles. The van der Waals surface area contributed by atoms with E-state index in [1.54, 1.807) is 0 Å². The summed E-state index contributed by atoms with van der Waals surface area (Å²) in [6.45, 7) is 2.28. The average molecular weight is 385 g/mol. The SMILES string of the molecule is Cc1ccc(CN2C(=O)C(Sc3ccccc3)=C(c3ccccc3)C2=O)cc1. The lowest BCUT2D eigenvalue weighted by molar-refractivity contribution is -0.137. The number of imide groups is 1. The van der Waals surface area contributed by atoms with Gasteiger partial charge in [0.25, 0.3) is 11.8 Å². The molecule has 0 radical (unpaired) electrons. The first-order chi connectivity index (χ1) is 13.6. The van der Waals surface area contributed by atoms with Crippen molar-refractivity contribution in [2.24, 2.45) is 0 Å². The summed E-state index contributed by atoms with van der Waals surface area (Å²) in [4.78, 5) is 29.2. The smallest absolute Gasteiger partial charge is 0.268 e. The van der Waals surface area contributed by atoms with Gasteiger partial charge in [0.1, 0.15) is 0 Å². The standard InChI is InChI=1S/C24H19NO2S/c1-17-12-14-18(15-13-17)16-25-23(26)21(19-8-4-2-5-9-19)22(24(25)27)28-20-10-6-3-7-11-20/h2-15H,16H2,1H3. The number of aryl methyl sites for hydroxylation is 1. The molecule has 3 aromatic carbocycles. The molecule has 0 bridgehead atoms. The lowest BCUT2D eigenvalue weighted by atomic mass is 10.1. The Bertz CT molecular complexity index is 1040. The van der Waals surface area contributed by atoms with E-state index in [0.717, 1.165) is 21.6 Å². The third kappa shape index (κ3) is 3.64. The molecule has 0 saturated heterocycles. The van der Waals surface area contributed by atoms with Crippen molar-refractivity contribution in [2.75, 3.05) is 0 Å². The maximum atomic E-state index is 13.2. The van der Waals surface area contributed by atoms with Gasteiger partial charge in [0.15, 0.2) is 0 Å². The van der Waals surface area contributed by atoms with Gasteiger partial charge in [-0.3, -0.25) is 14.5 Å². The Hall–Kier alpha value is -3.11. The van der Waals surface area contributed by atoms with Gasteiger partial charge in [-0.05, 0) is 30.2 Å². The van der Waals surface area contributed by atoms with E-state index in [1.165, 1.54) is 16.7 Å². The fraction of sp³-hybridized carbons (Fsp3) is 0.0833. The third-order valence-corrected chi connectivity index (χ3v) is 5.70. The van der Waals surface area contributed by atoms with E-state index in [4.69, 9.17) is 0 Å². The minimum atomic E-state index is -0.241. The molecular formula is C24H19NO2S. The molecule has 0 atom stereocenters. The maximum Gasteiger partial charge on any atom is 0.268 e. The molecule has 1 heterocycles. The van der Waals surface area contributed by atoms with Crippen molar-refractivity contribution in [1.29, 1.82) is 0 Å². The molecule has 0 fully saturated rings. The van der Waals surface area contributed by atoms with E-state index < -0.39 is 0 Å². The van der Waals surface area contributed by atoms with Gasteiger partial charge in [0.05, 0.1) is 17.0 Å². The average Bonchev–Trinajstić information content (AvgIpc) is 2.95. The first-order valence-electron chi connectivity index (χ1n) is 9.08. The highest BCUT2D eigenvalue weighted by Crippen LogP contribution is 2.40. The Morgan fingerprint density at radius 1 is 0.750 bits per heavy atom. The van der Waals surface area contributed by atoms with Gasteiger partial charge >= 0.3 is 0 Å². The zero-order valence-corrected chi connectivity index (χ0v) is 16.3. The third-order valence-electron chi connectivity index (χ3n) is 4.61. The second-order valence-corrected chi connectivity index (χ2v) is 7.75. The Labute approximate surface area is 168 Å². The highest BCUT2D eigenvalue weighted by molar-refractivity contribution is 8.04. The van der Waals surface area contributed by atoms with Crippen molar-refractivity contribution in [3.63, 3.8) is 0 Å². The van der Waals surface area contributed by atoms with Crippen molar-refractivity contribution in [3.8, 4) is 0 Å². The summed E-state index contributed by atoms with van der Waals surface area (Å²) in [5, 5.41) is 0. The summed E-state index contributed by atoms with van der Waals surface area (Å²) >= 11 is 1.35. The zero-order valence-electron chi connectivity index (χ0n) is 15.5. The Kier molecular flexibility index (Phi) is 5.13. The summed E-state index contributed by atoms with van der Waals surface area (Å²) in [5.41, 5.74) is 3.33. The van der Waals surface area contributed by atoms with E-state index in [2.05, 4.69) is 0 Å². The van der Waals surface area contributed by atoms with Crippen LogP contribution in [0, 0.1) is 6.92 Å². The van der Waals surface area contributed by atoms with Crippen molar-refractivity contribution >= 4 is 29.1 Å². The van der Waals surface area contributed by atoms with Crippen LogP contribution >= 0.6 is 11.8 Å². The number of thioether (sulfide) groups is 1. The largest absolute Gasteiger partial charge is 0.269 e. The van der Waals surface area contributed by atoms with Crippen molar-refractivity contribution in [2.45, 2.75) is 18.4 Å². The monoisotopic (exact) mass is 385 g/mol. The van der Waals surface area contributed by atoms with Gasteiger partial charge in [0, 0.05) is 4.90 Å². The molecule has 0 N–H and O–H groups in total. The molecular weight excluding hydrogens is 366 g/mol. The normalized spacial score (nSPS) is 14.1. The number of hydrogen-bond donors (Lipinski definition) is 0. The Morgan fingerprint density at radius 2 is 1.36 bits per heavy atom. The van der Waals surface area contributed by atoms with E-state index in [-0.39, 0.29) is 18.4 Å². The number of nitrogens with zero attached hydrogens (tertiary/aromatic N) is 1. The first-order valence-corrected chi connectivity index (χ1v) is 9.89. The first kappa shape index (κ1) is 18.3. The predicted octanol–water partition coefficient (Wildman–Crippen LogP) is 5.07. The molecule has 4 heteroatoms. The molecule has 1 aliphatic heterocycles. The molecule has 4 rings (SSSR count). The van der Waals surface area contributed by atoms with Crippen LogP contribution in [0.3, 0.4) is 0 Å². The van der Waals surface area contributed by atoms with Gasteiger partial charge in [-0.1, -0.05) is 90.1 Å². The van der Waals surface area contributed by atoms with Gasteiger partial charge in [-0.2, -0.15) is 0 Å². The van der Waals surface area contributed by atoms with Gasteiger partial charge in [-0.25, -0.2) is 0 Å². The van der Waals surface area contributed by atoms with E-state index in [1.807, 2.05) is 91.9 Å². The van der Waals surface area contributed by atoms with Crippen LogP contribution in [0.25, 0.3) is 5.57 Å². The molecule has 1 aliphatic rings. The molecule has 2 amide bonds. The summed E-state index contributed by atoms with van der Waals surface area (Å²) in [6.07, 6.45) is 0. The number of carbonyl (C=O) groups is 2. The number of hydrogen-bond acceptors (Lipinski definition) is 3. The summed E-state index contributed by atoms with van der Waals surface area (Å²) < 4.78 is 0. The van der Waals surface area contributed by atoms with Crippen molar-refractivity contribution in [1.82, 2.24) is 4.90 Å². The predicted molar refractivity (Wildman–Crippen MR) is 112 cm³/mol. The quantitative estimate of drug-likeness (QED) is 0.576. The zero-order chi connectivity index (χ0) is 19.5. The fourth-order valence-electron chi connectivity index (χ4n) is 3.13. The molecule has 0 saturated carbocycles. The van der Waals surface area contributed by atoms with Crippen LogP contribution in [0.2, 0.25) is 0 Å². The maximum absolute atomic E-state index is 13.2. The highest BCUT2D eigenvalue weighted by atomic mass is 32.2. The number of amides is 2. The molecule has 0 aromatic heterocycles. The highest BCUT2D eigenvalue weighted by Gasteiger charge is 2.39. The summed E-state index contributed by atoms with van der Waals surface area (Å²) in [7, 11) is 0. The number of carbonyl (C=O) groups excluding carboxylic acids is 2. The van der Waals surface area contributed by atoms with E-state index in [9.17, 15) is 9.59 Å². The molecule has 3 aromatic rings. The number of benzene rings is 3. The van der Waals surface area contributed by atoms with E-state index in [0.29, 0.717) is 10.5 Å². The van der Waals surface area contributed by atoms with Crippen LogP contribution in [0.1, 0.15) is 16.7 Å². The Morgan fingerprint density at radius 3 is 2.00 bits per heavy atom. The number of rotatable bonds is 5. The minimum Gasteiger partial charge on any atom is -0.269 e. The van der Waals surface area contributed by atoms with Crippen LogP contribution in [0.4, 0.5) is 0 Å². The van der Waals surface area contributed by atoms with Crippen LogP contribution in [-0.2, 0) is 16.1 Å². The topological polar surface area (TPSA) is 37.4 Å². The fourth-order valence-corrected chi connectivity index (χ4v) is 4.17. The molecule has 3 nitrogen and oxygen atoms in total. The molecule has 138 valence electrons. The molecule has 0 spiro atoms. The van der Waals surface area contributed by atoms with Gasteiger partial charge < -0.3 is 0 Å². The van der Waals surface area contributed by atoms with Gasteiger partial charge in [-0.15, -0.1) is 0 Å². The molecule has 0 unspecified atom stereocenters.